The first-order chi connectivity index (χ1) is 20.4. The summed E-state index contributed by atoms with van der Waals surface area (Å²) in [6, 6.07) is -1.27. The minimum Gasteiger partial charge on any atom is -0.394 e. The first-order valence-corrected chi connectivity index (χ1v) is 15.4. The fourth-order valence-corrected chi connectivity index (χ4v) is 5.66. The molecule has 0 bridgehead atoms. The number of ether oxygens (including phenoxy) is 3. The van der Waals surface area contributed by atoms with Crippen molar-refractivity contribution in [2.45, 2.75) is 154 Å². The Balaban J connectivity index is 0.000000337. The van der Waals surface area contributed by atoms with E-state index in [1.165, 1.54) is 0 Å². The lowest BCUT2D eigenvalue weighted by Crippen LogP contribution is -2.64. The van der Waals surface area contributed by atoms with Crippen LogP contribution in [0.15, 0.2) is 0 Å². The largest absolute Gasteiger partial charge is 0.394 e. The molecule has 0 aromatic carbocycles. The Morgan fingerprint density at radius 3 is 0.889 bits per heavy atom. The summed E-state index contributed by atoms with van der Waals surface area (Å²) in [5.41, 5.74) is 10.7. The minimum atomic E-state index is -1.28. The molecule has 0 aromatic heterocycles. The molecule has 3 heterocycles. The molecule has 0 amide bonds. The van der Waals surface area contributed by atoms with E-state index >= 15 is 0 Å². The maximum atomic E-state index is 9.74. The molecule has 15 heteroatoms. The average Bonchev–Trinajstić information content (AvgIpc) is 2.92. The van der Waals surface area contributed by atoms with Crippen LogP contribution in [0.4, 0.5) is 0 Å². The average molecular weight is 659 g/mol. The number of hydrogen-bond acceptors (Lipinski definition) is 15. The quantitative estimate of drug-likeness (QED) is 0.140. The summed E-state index contributed by atoms with van der Waals surface area (Å²) in [4.78, 5) is 0. The van der Waals surface area contributed by atoms with E-state index in [1.54, 1.807) is 0 Å². The molecule has 14 N–H and O–H groups in total. The Labute approximate surface area is 266 Å². The van der Waals surface area contributed by atoms with Crippen LogP contribution in [0.2, 0.25) is 0 Å². The lowest BCUT2D eigenvalue weighted by molar-refractivity contribution is -0.250. The van der Waals surface area contributed by atoms with Crippen LogP contribution in [0, 0.1) is 16.2 Å². The molecule has 6 unspecified atom stereocenters. The van der Waals surface area contributed by atoms with Crippen LogP contribution in [0.5, 0.6) is 0 Å². The Kier molecular flexibility index (Phi) is 15.7. The van der Waals surface area contributed by atoms with E-state index in [9.17, 15) is 35.7 Å². The highest BCUT2D eigenvalue weighted by Gasteiger charge is 2.49. The van der Waals surface area contributed by atoms with Crippen LogP contribution in [-0.2, 0) is 14.2 Å². The molecular formula is C30H62N2O13. The van der Waals surface area contributed by atoms with Crippen LogP contribution < -0.4 is 11.5 Å². The molecule has 3 fully saturated rings. The van der Waals surface area contributed by atoms with Crippen molar-refractivity contribution in [3.05, 3.63) is 0 Å². The van der Waals surface area contributed by atoms with E-state index in [1.807, 2.05) is 62.3 Å². The second kappa shape index (κ2) is 16.7. The van der Waals surface area contributed by atoms with Crippen molar-refractivity contribution in [2.24, 2.45) is 27.7 Å². The fourth-order valence-electron chi connectivity index (χ4n) is 5.66. The number of hydrogen-bond donors (Lipinski definition) is 12. The zero-order valence-corrected chi connectivity index (χ0v) is 28.1. The molecule has 3 aliphatic rings. The highest BCUT2D eigenvalue weighted by molar-refractivity contribution is 5.00. The van der Waals surface area contributed by atoms with Crippen molar-refractivity contribution in [2.75, 3.05) is 19.8 Å². The SMILES string of the molecule is CC(C)(C)[C@@H]1OC(CO)[C@@H](O)[C@H](O)C1N.CC(C)(C)[C@@H]1OC(CO)[C@@H](O)[C@H](O)C1O.CC(C)(C)[C@H]1OC(CO)[C@@H](O)[C@H](O)C1N. The molecule has 45 heavy (non-hydrogen) atoms. The normalized spacial score (nSPS) is 43.0. The molecule has 3 saturated heterocycles. The second-order valence-corrected chi connectivity index (χ2v) is 15.5. The monoisotopic (exact) mass is 658 g/mol. The molecule has 3 aliphatic heterocycles. The van der Waals surface area contributed by atoms with Gasteiger partial charge in [0, 0.05) is 0 Å². The maximum Gasteiger partial charge on any atom is 0.111 e. The standard InChI is InChI=1S/2C10H21NO4.C10H20O5/c2*1-10(2,3)9-6(11)8(14)7(13)5(4-12)15-9;1-10(2,3)9-8(14)7(13)6(12)5(4-11)15-9/h2*5-9,12-14H,4,11H2,1-3H3;5-9,11-14H,4H2,1-3H3/t5?,6?,7-,8-,9+;5?,6?,7-,8-,9-;5?,6-,7+,8?,9-/m111/s1. The van der Waals surface area contributed by atoms with E-state index in [-0.39, 0.29) is 48.3 Å². The first kappa shape index (κ1) is 42.4. The van der Waals surface area contributed by atoms with Gasteiger partial charge >= 0.3 is 0 Å². The van der Waals surface area contributed by atoms with E-state index < -0.39 is 79.2 Å². The van der Waals surface area contributed by atoms with Crippen LogP contribution in [0.25, 0.3) is 0 Å². The third kappa shape index (κ3) is 10.7. The fraction of sp³-hybridized carbons (Fsp3) is 1.00. The highest BCUT2D eigenvalue weighted by Crippen LogP contribution is 2.34. The number of aliphatic hydroxyl groups excluding tert-OH is 10. The van der Waals surface area contributed by atoms with Gasteiger partial charge in [0.15, 0.2) is 0 Å². The van der Waals surface area contributed by atoms with Crippen molar-refractivity contribution in [1.82, 2.24) is 0 Å². The van der Waals surface area contributed by atoms with E-state index in [0.29, 0.717) is 0 Å². The van der Waals surface area contributed by atoms with Gasteiger partial charge in [0.1, 0.15) is 61.0 Å². The number of aliphatic hydroxyl groups is 10. The summed E-state index contributed by atoms with van der Waals surface area (Å²) in [7, 11) is 0. The van der Waals surface area contributed by atoms with Gasteiger partial charge in [-0.3, -0.25) is 0 Å². The van der Waals surface area contributed by atoms with Gasteiger partial charge in [-0.2, -0.15) is 0 Å². The minimum absolute atomic E-state index is 0.242. The lowest BCUT2D eigenvalue weighted by Gasteiger charge is -2.46. The van der Waals surface area contributed by atoms with Crippen molar-refractivity contribution >= 4 is 0 Å². The third-order valence-electron chi connectivity index (χ3n) is 8.41. The van der Waals surface area contributed by atoms with Gasteiger partial charge in [0.2, 0.25) is 0 Å². The zero-order chi connectivity index (χ0) is 35.4. The first-order valence-electron chi connectivity index (χ1n) is 15.4. The molecule has 3 rings (SSSR count). The van der Waals surface area contributed by atoms with Crippen LogP contribution >= 0.6 is 0 Å². The molecule has 15 nitrogen and oxygen atoms in total. The second-order valence-electron chi connectivity index (χ2n) is 15.5. The Morgan fingerprint density at radius 2 is 0.644 bits per heavy atom. The van der Waals surface area contributed by atoms with Gasteiger partial charge in [-0.05, 0) is 16.2 Å². The van der Waals surface area contributed by atoms with Crippen LogP contribution in [0.1, 0.15) is 62.3 Å². The van der Waals surface area contributed by atoms with Gasteiger partial charge in [-0.15, -0.1) is 0 Å². The Hall–Kier alpha value is -0.600. The summed E-state index contributed by atoms with van der Waals surface area (Å²) >= 11 is 0. The number of rotatable bonds is 3. The topological polar surface area (TPSA) is 282 Å². The van der Waals surface area contributed by atoms with Gasteiger partial charge in [0.05, 0.1) is 50.2 Å². The summed E-state index contributed by atoms with van der Waals surface area (Å²) in [5.74, 6) is 0. The zero-order valence-electron chi connectivity index (χ0n) is 28.1. The number of nitrogens with two attached hydrogens (primary N) is 2. The van der Waals surface area contributed by atoms with Crippen molar-refractivity contribution < 1.29 is 65.3 Å². The molecule has 0 aliphatic carbocycles. The summed E-state index contributed by atoms with van der Waals surface area (Å²) in [6.07, 6.45) is -11.7. The predicted molar refractivity (Wildman–Crippen MR) is 164 cm³/mol. The van der Waals surface area contributed by atoms with Gasteiger partial charge < -0.3 is 76.7 Å². The van der Waals surface area contributed by atoms with Gasteiger partial charge in [-0.25, -0.2) is 0 Å². The summed E-state index contributed by atoms with van der Waals surface area (Å²) in [6.45, 7) is 16.2. The maximum absolute atomic E-state index is 9.74. The molecular weight excluding hydrogens is 596 g/mol. The smallest absolute Gasteiger partial charge is 0.111 e. The van der Waals surface area contributed by atoms with Crippen molar-refractivity contribution in [3.63, 3.8) is 0 Å². The van der Waals surface area contributed by atoms with Crippen LogP contribution in [-0.4, -0.2) is 162 Å². The molecule has 0 spiro atoms. The Bertz CT molecular complexity index is 749. The summed E-state index contributed by atoms with van der Waals surface area (Å²) < 4.78 is 16.4. The molecule has 0 radical (unpaired) electrons. The van der Waals surface area contributed by atoms with E-state index in [2.05, 4.69) is 0 Å². The lowest BCUT2D eigenvalue weighted by atomic mass is 9.79. The summed E-state index contributed by atoms with van der Waals surface area (Å²) in [5, 5.41) is 94.4. The van der Waals surface area contributed by atoms with E-state index in [4.69, 9.17) is 41.0 Å². The molecule has 15 atom stereocenters. The third-order valence-corrected chi connectivity index (χ3v) is 8.41. The van der Waals surface area contributed by atoms with Gasteiger partial charge in [0.25, 0.3) is 0 Å². The van der Waals surface area contributed by atoms with Crippen molar-refractivity contribution in [3.8, 4) is 0 Å². The molecule has 0 aromatic rings. The van der Waals surface area contributed by atoms with E-state index in [0.717, 1.165) is 0 Å². The van der Waals surface area contributed by atoms with Gasteiger partial charge in [-0.1, -0.05) is 62.3 Å². The highest BCUT2D eigenvalue weighted by atomic mass is 16.6. The predicted octanol–water partition coefficient (Wildman–Crippen LogP) is -3.44. The van der Waals surface area contributed by atoms with Crippen LogP contribution in [0.3, 0.4) is 0 Å². The Morgan fingerprint density at radius 1 is 0.400 bits per heavy atom. The van der Waals surface area contributed by atoms with Crippen molar-refractivity contribution in [1.29, 1.82) is 0 Å². The molecule has 0 saturated carbocycles. The molecule has 270 valence electrons.